The van der Waals surface area contributed by atoms with E-state index in [1.165, 1.54) is 37.8 Å². The van der Waals surface area contributed by atoms with Gasteiger partial charge in [0.05, 0.1) is 10.7 Å². The summed E-state index contributed by atoms with van der Waals surface area (Å²) in [5, 5.41) is 0.862. The molecule has 0 spiro atoms. The first-order chi connectivity index (χ1) is 8.79. The van der Waals surface area contributed by atoms with Crippen molar-refractivity contribution in [2.75, 3.05) is 11.4 Å². The molecule has 1 saturated heterocycles. The van der Waals surface area contributed by atoms with Crippen molar-refractivity contribution in [3.8, 4) is 0 Å². The van der Waals surface area contributed by atoms with Gasteiger partial charge in [0.15, 0.2) is 0 Å². The van der Waals surface area contributed by atoms with Crippen molar-refractivity contribution >= 4 is 28.9 Å². The number of fused-ring (bicyclic) bond motifs is 1. The largest absolute Gasteiger partial charge is 0.367 e. The van der Waals surface area contributed by atoms with E-state index >= 15 is 0 Å². The van der Waals surface area contributed by atoms with E-state index in [1.807, 2.05) is 6.07 Å². The van der Waals surface area contributed by atoms with E-state index in [2.05, 4.69) is 17.0 Å². The van der Waals surface area contributed by atoms with Gasteiger partial charge in [-0.1, -0.05) is 24.1 Å². The standard InChI is InChI=1S/C15H19Cl2N/c16-10-11-6-7-15(13(17)9-11)18-8-2-4-12-3-1-5-14(12)18/h6-7,9,12,14H,1-5,8,10H2. The predicted molar refractivity (Wildman–Crippen MR) is 78.7 cm³/mol. The number of anilines is 1. The average molecular weight is 284 g/mol. The quantitative estimate of drug-likeness (QED) is 0.702. The first-order valence-corrected chi connectivity index (χ1v) is 7.82. The molecule has 3 heteroatoms. The predicted octanol–water partition coefficient (Wildman–Crippen LogP) is 4.85. The Morgan fingerprint density at radius 1 is 1.17 bits per heavy atom. The molecule has 18 heavy (non-hydrogen) atoms. The topological polar surface area (TPSA) is 3.24 Å². The maximum absolute atomic E-state index is 6.43. The van der Waals surface area contributed by atoms with E-state index in [0.717, 1.165) is 29.1 Å². The smallest absolute Gasteiger partial charge is 0.0642 e. The van der Waals surface area contributed by atoms with Crippen molar-refractivity contribution in [1.29, 1.82) is 0 Å². The van der Waals surface area contributed by atoms with Crippen LogP contribution in [0.2, 0.25) is 5.02 Å². The Balaban J connectivity index is 1.89. The summed E-state index contributed by atoms with van der Waals surface area (Å²) < 4.78 is 0. The van der Waals surface area contributed by atoms with Crippen LogP contribution in [0.15, 0.2) is 18.2 Å². The van der Waals surface area contributed by atoms with E-state index in [4.69, 9.17) is 23.2 Å². The van der Waals surface area contributed by atoms with Gasteiger partial charge in [-0.3, -0.25) is 0 Å². The second-order valence-electron chi connectivity index (χ2n) is 5.51. The van der Waals surface area contributed by atoms with Crippen LogP contribution in [0.4, 0.5) is 5.69 Å². The molecule has 1 aromatic rings. The van der Waals surface area contributed by atoms with Crippen LogP contribution in [0.1, 0.15) is 37.7 Å². The summed E-state index contributed by atoms with van der Waals surface area (Å²) in [4.78, 5) is 2.54. The van der Waals surface area contributed by atoms with Gasteiger partial charge in [0.2, 0.25) is 0 Å². The van der Waals surface area contributed by atoms with Gasteiger partial charge in [0.25, 0.3) is 0 Å². The fourth-order valence-corrected chi connectivity index (χ4v) is 4.10. The van der Waals surface area contributed by atoms with Crippen LogP contribution in [-0.4, -0.2) is 12.6 Å². The summed E-state index contributed by atoms with van der Waals surface area (Å²) in [6, 6.07) is 6.99. The van der Waals surface area contributed by atoms with Crippen LogP contribution in [0.3, 0.4) is 0 Å². The Labute approximate surface area is 119 Å². The molecule has 1 aliphatic carbocycles. The van der Waals surface area contributed by atoms with Gasteiger partial charge >= 0.3 is 0 Å². The summed E-state index contributed by atoms with van der Waals surface area (Å²) in [6.45, 7) is 1.15. The van der Waals surface area contributed by atoms with Gasteiger partial charge in [0, 0.05) is 18.5 Å². The molecular weight excluding hydrogens is 265 g/mol. The van der Waals surface area contributed by atoms with Crippen LogP contribution in [0, 0.1) is 5.92 Å². The van der Waals surface area contributed by atoms with Crippen LogP contribution >= 0.6 is 23.2 Å². The fourth-order valence-electron chi connectivity index (χ4n) is 3.62. The zero-order chi connectivity index (χ0) is 12.5. The molecule has 0 radical (unpaired) electrons. The third-order valence-corrected chi connectivity index (χ3v) is 5.08. The van der Waals surface area contributed by atoms with E-state index in [0.29, 0.717) is 5.88 Å². The summed E-state index contributed by atoms with van der Waals surface area (Å²) in [5.74, 6) is 1.43. The highest BCUT2D eigenvalue weighted by Gasteiger charge is 2.35. The molecule has 2 unspecified atom stereocenters. The normalized spacial score (nSPS) is 27.3. The molecule has 0 bridgehead atoms. The lowest BCUT2D eigenvalue weighted by molar-refractivity contribution is 0.362. The summed E-state index contributed by atoms with van der Waals surface area (Å²) in [5.41, 5.74) is 2.31. The molecular formula is C15H19Cl2N. The second-order valence-corrected chi connectivity index (χ2v) is 6.19. The lowest BCUT2D eigenvalue weighted by atomic mass is 9.91. The minimum atomic E-state index is 0.534. The third kappa shape index (κ3) is 2.23. The van der Waals surface area contributed by atoms with Gasteiger partial charge in [-0.25, -0.2) is 0 Å². The average Bonchev–Trinajstić information content (AvgIpc) is 2.87. The second kappa shape index (κ2) is 5.30. The van der Waals surface area contributed by atoms with Gasteiger partial charge < -0.3 is 4.90 Å². The van der Waals surface area contributed by atoms with Gasteiger partial charge in [0.1, 0.15) is 0 Å². The monoisotopic (exact) mass is 283 g/mol. The van der Waals surface area contributed by atoms with E-state index in [9.17, 15) is 0 Å². The number of piperidine rings is 1. The first-order valence-electron chi connectivity index (χ1n) is 6.90. The van der Waals surface area contributed by atoms with Crippen LogP contribution in [0.5, 0.6) is 0 Å². The number of nitrogens with zero attached hydrogens (tertiary/aromatic N) is 1. The van der Waals surface area contributed by atoms with Crippen molar-refractivity contribution in [2.45, 2.75) is 44.0 Å². The summed E-state index contributed by atoms with van der Waals surface area (Å²) >= 11 is 12.3. The highest BCUT2D eigenvalue weighted by Crippen LogP contribution is 2.41. The van der Waals surface area contributed by atoms with E-state index in [-0.39, 0.29) is 0 Å². The molecule has 2 fully saturated rings. The molecule has 1 aromatic carbocycles. The molecule has 0 aromatic heterocycles. The van der Waals surface area contributed by atoms with Crippen LogP contribution in [0.25, 0.3) is 0 Å². The maximum Gasteiger partial charge on any atom is 0.0642 e. The number of rotatable bonds is 2. The molecule has 98 valence electrons. The molecule has 2 aliphatic rings. The number of hydrogen-bond acceptors (Lipinski definition) is 1. The number of hydrogen-bond donors (Lipinski definition) is 0. The van der Waals surface area contributed by atoms with Gasteiger partial charge in [-0.2, -0.15) is 0 Å². The van der Waals surface area contributed by atoms with Crippen LogP contribution < -0.4 is 4.90 Å². The maximum atomic E-state index is 6.43. The summed E-state index contributed by atoms with van der Waals surface area (Å²) in [7, 11) is 0. The van der Waals surface area contributed by atoms with Crippen molar-refractivity contribution in [2.24, 2.45) is 5.92 Å². The van der Waals surface area contributed by atoms with Crippen molar-refractivity contribution < 1.29 is 0 Å². The molecule has 1 aliphatic heterocycles. The van der Waals surface area contributed by atoms with E-state index in [1.54, 1.807) is 0 Å². The molecule has 1 heterocycles. The molecule has 2 atom stereocenters. The minimum absolute atomic E-state index is 0.534. The Hall–Kier alpha value is -0.400. The lowest BCUT2D eigenvalue weighted by Gasteiger charge is -2.40. The van der Waals surface area contributed by atoms with Gasteiger partial charge in [-0.15, -0.1) is 11.6 Å². The number of benzene rings is 1. The molecule has 1 nitrogen and oxygen atoms in total. The zero-order valence-electron chi connectivity index (χ0n) is 10.5. The highest BCUT2D eigenvalue weighted by atomic mass is 35.5. The molecule has 1 saturated carbocycles. The third-order valence-electron chi connectivity index (χ3n) is 4.47. The SMILES string of the molecule is ClCc1ccc(N2CCCC3CCCC32)c(Cl)c1. The van der Waals surface area contributed by atoms with Crippen LogP contribution in [-0.2, 0) is 5.88 Å². The Bertz CT molecular complexity index is 433. The molecule has 0 N–H and O–H groups in total. The highest BCUT2D eigenvalue weighted by molar-refractivity contribution is 6.33. The van der Waals surface area contributed by atoms with Crippen molar-refractivity contribution in [3.05, 3.63) is 28.8 Å². The number of halogens is 2. The minimum Gasteiger partial charge on any atom is -0.367 e. The first kappa shape index (κ1) is 12.6. The van der Waals surface area contributed by atoms with E-state index < -0.39 is 0 Å². The Kier molecular flexibility index (Phi) is 3.72. The lowest BCUT2D eigenvalue weighted by Crippen LogP contribution is -2.42. The molecule has 0 amide bonds. The fraction of sp³-hybridized carbons (Fsp3) is 0.600. The zero-order valence-corrected chi connectivity index (χ0v) is 12.1. The van der Waals surface area contributed by atoms with Crippen molar-refractivity contribution in [3.63, 3.8) is 0 Å². The number of alkyl halides is 1. The van der Waals surface area contributed by atoms with Gasteiger partial charge in [-0.05, 0) is 49.3 Å². The molecule has 3 rings (SSSR count). The Morgan fingerprint density at radius 2 is 2.00 bits per heavy atom. The van der Waals surface area contributed by atoms with Crippen molar-refractivity contribution in [1.82, 2.24) is 0 Å². The Morgan fingerprint density at radius 3 is 2.78 bits per heavy atom. The summed E-state index contributed by atoms with van der Waals surface area (Å²) in [6.07, 6.45) is 6.81.